The molecule has 3 rings (SSSR count). The Morgan fingerprint density at radius 1 is 1.20 bits per heavy atom. The molecule has 1 saturated carbocycles. The van der Waals surface area contributed by atoms with Crippen molar-refractivity contribution in [2.45, 2.75) is 38.3 Å². The monoisotopic (exact) mass is 272 g/mol. The van der Waals surface area contributed by atoms with Gasteiger partial charge in [0.25, 0.3) is 0 Å². The maximum absolute atomic E-state index is 12.3. The summed E-state index contributed by atoms with van der Waals surface area (Å²) in [7, 11) is 0. The second kappa shape index (κ2) is 5.27. The van der Waals surface area contributed by atoms with E-state index in [1.54, 1.807) is 11.8 Å². The number of rotatable bonds is 4. The Bertz CT molecular complexity index is 510. The van der Waals surface area contributed by atoms with Gasteiger partial charge in [0.15, 0.2) is 0 Å². The zero-order valence-electron chi connectivity index (χ0n) is 11.7. The number of carbonyl (C=O) groups excluding carboxylic acids is 2. The Hall–Kier alpha value is -1.84. The molecule has 2 amide bonds. The lowest BCUT2D eigenvalue weighted by atomic mass is 9.99. The molecule has 20 heavy (non-hydrogen) atoms. The lowest BCUT2D eigenvalue weighted by molar-refractivity contribution is -0.149. The van der Waals surface area contributed by atoms with Crippen LogP contribution in [-0.2, 0) is 16.0 Å². The molecule has 1 aliphatic carbocycles. The van der Waals surface area contributed by atoms with E-state index in [0.717, 1.165) is 12.1 Å². The van der Waals surface area contributed by atoms with Gasteiger partial charge >= 0.3 is 0 Å². The lowest BCUT2D eigenvalue weighted by Gasteiger charge is -2.38. The molecule has 2 aliphatic rings. The lowest BCUT2D eigenvalue weighted by Crippen LogP contribution is -2.63. The molecule has 0 radical (unpaired) electrons. The third-order valence-electron chi connectivity index (χ3n) is 4.11. The van der Waals surface area contributed by atoms with Crippen LogP contribution in [-0.4, -0.2) is 35.3 Å². The van der Waals surface area contributed by atoms with Crippen LogP contribution >= 0.6 is 0 Å². The van der Waals surface area contributed by atoms with Crippen molar-refractivity contribution in [3.05, 3.63) is 35.9 Å². The van der Waals surface area contributed by atoms with Crippen LogP contribution in [0.1, 0.15) is 25.3 Å². The van der Waals surface area contributed by atoms with E-state index in [1.807, 2.05) is 30.3 Å². The smallest absolute Gasteiger partial charge is 0.245 e. The zero-order chi connectivity index (χ0) is 14.1. The largest absolute Gasteiger partial charge is 0.343 e. The summed E-state index contributed by atoms with van der Waals surface area (Å²) in [6.45, 7) is 2.49. The third kappa shape index (κ3) is 2.69. The van der Waals surface area contributed by atoms with Gasteiger partial charge in [-0.15, -0.1) is 0 Å². The van der Waals surface area contributed by atoms with E-state index in [-0.39, 0.29) is 17.9 Å². The molecular formula is C16H20N2O2. The van der Waals surface area contributed by atoms with Gasteiger partial charge in [0.1, 0.15) is 12.1 Å². The molecule has 0 aromatic heterocycles. The minimum atomic E-state index is -0.395. The Morgan fingerprint density at radius 2 is 1.90 bits per heavy atom. The van der Waals surface area contributed by atoms with Crippen LogP contribution in [0.15, 0.2) is 30.3 Å². The quantitative estimate of drug-likeness (QED) is 0.899. The van der Waals surface area contributed by atoms with E-state index < -0.39 is 6.04 Å². The molecule has 2 fully saturated rings. The Morgan fingerprint density at radius 3 is 2.55 bits per heavy atom. The molecule has 2 unspecified atom stereocenters. The van der Waals surface area contributed by atoms with Gasteiger partial charge in [0.05, 0.1) is 0 Å². The molecule has 2 atom stereocenters. The number of carbonyl (C=O) groups is 2. The maximum atomic E-state index is 12.3. The summed E-state index contributed by atoms with van der Waals surface area (Å²) in [5, 5.41) is 2.79. The summed E-state index contributed by atoms with van der Waals surface area (Å²) < 4.78 is 0. The highest BCUT2D eigenvalue weighted by Gasteiger charge is 2.40. The second-order valence-electron chi connectivity index (χ2n) is 5.87. The minimum Gasteiger partial charge on any atom is -0.343 e. The van der Waals surface area contributed by atoms with Gasteiger partial charge in [0, 0.05) is 13.0 Å². The van der Waals surface area contributed by atoms with Crippen LogP contribution in [0.25, 0.3) is 0 Å². The average Bonchev–Trinajstić information content (AvgIpc) is 3.25. The summed E-state index contributed by atoms with van der Waals surface area (Å²) in [4.78, 5) is 26.4. The van der Waals surface area contributed by atoms with E-state index in [1.165, 1.54) is 12.8 Å². The molecule has 1 aromatic rings. The molecule has 0 spiro atoms. The Balaban J connectivity index is 1.80. The van der Waals surface area contributed by atoms with Crippen LogP contribution < -0.4 is 5.32 Å². The number of nitrogens with zero attached hydrogens (tertiary/aromatic N) is 1. The minimum absolute atomic E-state index is 0.0263. The molecule has 1 heterocycles. The first kappa shape index (κ1) is 13.2. The fraction of sp³-hybridized carbons (Fsp3) is 0.500. The molecule has 4 heteroatoms. The fourth-order valence-electron chi connectivity index (χ4n) is 2.75. The van der Waals surface area contributed by atoms with E-state index >= 15 is 0 Å². The van der Waals surface area contributed by atoms with Crippen molar-refractivity contribution in [1.29, 1.82) is 0 Å². The maximum Gasteiger partial charge on any atom is 0.245 e. The normalized spacial score (nSPS) is 26.6. The topological polar surface area (TPSA) is 49.4 Å². The highest BCUT2D eigenvalue weighted by Crippen LogP contribution is 2.31. The SMILES string of the molecule is CC1NC(=O)C(Cc2ccccc2)N(CC2CC2)C1=O. The van der Waals surface area contributed by atoms with E-state index in [4.69, 9.17) is 0 Å². The van der Waals surface area contributed by atoms with Crippen LogP contribution in [0.2, 0.25) is 0 Å². The van der Waals surface area contributed by atoms with Gasteiger partial charge < -0.3 is 10.2 Å². The van der Waals surface area contributed by atoms with Gasteiger partial charge in [-0.25, -0.2) is 0 Å². The summed E-state index contributed by atoms with van der Waals surface area (Å²) in [5.74, 6) is 0.620. The van der Waals surface area contributed by atoms with Gasteiger partial charge in [-0.3, -0.25) is 9.59 Å². The molecule has 1 saturated heterocycles. The zero-order valence-corrected chi connectivity index (χ0v) is 11.7. The number of benzene rings is 1. The van der Waals surface area contributed by atoms with E-state index in [0.29, 0.717) is 12.3 Å². The van der Waals surface area contributed by atoms with Crippen LogP contribution in [0.4, 0.5) is 0 Å². The van der Waals surface area contributed by atoms with Crippen molar-refractivity contribution in [3.63, 3.8) is 0 Å². The average molecular weight is 272 g/mol. The van der Waals surface area contributed by atoms with E-state index in [9.17, 15) is 9.59 Å². The van der Waals surface area contributed by atoms with Gasteiger partial charge in [-0.1, -0.05) is 30.3 Å². The number of piperazine rings is 1. The first-order valence-electron chi connectivity index (χ1n) is 7.30. The molecule has 0 bridgehead atoms. The fourth-order valence-corrected chi connectivity index (χ4v) is 2.75. The highest BCUT2D eigenvalue weighted by molar-refractivity contribution is 5.96. The standard InChI is InChI=1S/C16H20N2O2/c1-11-16(20)18(10-13-7-8-13)14(15(19)17-11)9-12-5-3-2-4-6-12/h2-6,11,13-14H,7-10H2,1H3,(H,17,19). The predicted octanol–water partition coefficient (Wildman–Crippen LogP) is 1.35. The van der Waals surface area contributed by atoms with Gasteiger partial charge in [-0.2, -0.15) is 0 Å². The number of hydrogen-bond acceptors (Lipinski definition) is 2. The van der Waals surface area contributed by atoms with Crippen LogP contribution in [0.3, 0.4) is 0 Å². The summed E-state index contributed by atoms with van der Waals surface area (Å²) >= 11 is 0. The Labute approximate surface area is 119 Å². The third-order valence-corrected chi connectivity index (χ3v) is 4.11. The van der Waals surface area contributed by atoms with Crippen molar-refractivity contribution in [2.75, 3.05) is 6.54 Å². The molecule has 1 aliphatic heterocycles. The predicted molar refractivity (Wildman–Crippen MR) is 76.0 cm³/mol. The Kier molecular flexibility index (Phi) is 3.47. The van der Waals surface area contributed by atoms with Crippen molar-refractivity contribution in [1.82, 2.24) is 10.2 Å². The van der Waals surface area contributed by atoms with Crippen LogP contribution in [0.5, 0.6) is 0 Å². The second-order valence-corrected chi connectivity index (χ2v) is 5.87. The van der Waals surface area contributed by atoms with Crippen molar-refractivity contribution in [2.24, 2.45) is 5.92 Å². The van der Waals surface area contributed by atoms with Crippen LogP contribution in [0, 0.1) is 5.92 Å². The summed E-state index contributed by atoms with van der Waals surface area (Å²) in [5.41, 5.74) is 1.09. The highest BCUT2D eigenvalue weighted by atomic mass is 16.2. The molecule has 106 valence electrons. The van der Waals surface area contributed by atoms with Gasteiger partial charge in [0.2, 0.25) is 11.8 Å². The van der Waals surface area contributed by atoms with Crippen molar-refractivity contribution < 1.29 is 9.59 Å². The first-order chi connectivity index (χ1) is 9.65. The molecule has 4 nitrogen and oxygen atoms in total. The number of amides is 2. The van der Waals surface area contributed by atoms with Crippen molar-refractivity contribution in [3.8, 4) is 0 Å². The molecule has 1 N–H and O–H groups in total. The summed E-state index contributed by atoms with van der Waals surface area (Å²) in [6, 6.07) is 9.14. The number of nitrogens with one attached hydrogen (secondary N) is 1. The molecule has 1 aromatic carbocycles. The number of hydrogen-bond donors (Lipinski definition) is 1. The summed E-state index contributed by atoms with van der Waals surface area (Å²) in [6.07, 6.45) is 2.95. The van der Waals surface area contributed by atoms with E-state index in [2.05, 4.69) is 5.32 Å². The first-order valence-corrected chi connectivity index (χ1v) is 7.30. The van der Waals surface area contributed by atoms with Gasteiger partial charge in [-0.05, 0) is 31.2 Å². The molecular weight excluding hydrogens is 252 g/mol. The van der Waals surface area contributed by atoms with Crippen molar-refractivity contribution >= 4 is 11.8 Å².